The molecule has 0 amide bonds. The van der Waals surface area contributed by atoms with E-state index in [2.05, 4.69) is 47.1 Å². The van der Waals surface area contributed by atoms with Gasteiger partial charge < -0.3 is 9.64 Å². The number of piperidine rings is 1. The summed E-state index contributed by atoms with van der Waals surface area (Å²) < 4.78 is 25.0. The van der Waals surface area contributed by atoms with Crippen molar-refractivity contribution >= 4 is 13.1 Å². The molecule has 4 aliphatic rings. The van der Waals surface area contributed by atoms with Crippen LogP contribution < -0.4 is 10.2 Å². The second kappa shape index (κ2) is 7.74. The van der Waals surface area contributed by atoms with Gasteiger partial charge in [-0.2, -0.15) is 0 Å². The summed E-state index contributed by atoms with van der Waals surface area (Å²) in [6.45, 7) is 9.53. The lowest BCUT2D eigenvalue weighted by molar-refractivity contribution is 0.0497. The van der Waals surface area contributed by atoms with Gasteiger partial charge in [0.1, 0.15) is 0 Å². The van der Waals surface area contributed by atoms with Crippen LogP contribution in [-0.2, 0) is 9.30 Å². The largest absolute Gasteiger partial charge is 0.378 e. The van der Waals surface area contributed by atoms with Crippen LogP contribution in [0.15, 0.2) is 53.1 Å². The molecular weight excluding hydrogens is 395 g/mol. The van der Waals surface area contributed by atoms with E-state index in [1.807, 2.05) is 23.0 Å². The van der Waals surface area contributed by atoms with Crippen LogP contribution in [0.25, 0.3) is 0 Å². The number of morpholine rings is 1. The fraction of sp³-hybridized carbons (Fsp3) is 0.565. The van der Waals surface area contributed by atoms with E-state index >= 15 is 4.57 Å². The first-order valence-corrected chi connectivity index (χ1v) is 12.9. The number of fused-ring (bicyclic) bond motifs is 1. The second-order valence-corrected chi connectivity index (χ2v) is 11.9. The van der Waals surface area contributed by atoms with Gasteiger partial charge in [0.25, 0.3) is 7.44 Å². The van der Waals surface area contributed by atoms with Crippen molar-refractivity contribution in [1.29, 1.82) is 0 Å². The number of hydrazine groups is 1. The molecule has 5 rings (SSSR count). The lowest BCUT2D eigenvalue weighted by Crippen LogP contribution is -2.39. The maximum absolute atomic E-state index is 15.2. The Balaban J connectivity index is 1.68. The third-order valence-electron chi connectivity index (χ3n) is 6.58. The summed E-state index contributed by atoms with van der Waals surface area (Å²) in [5, 5.41) is 1.04. The summed E-state index contributed by atoms with van der Waals surface area (Å²) in [4.78, 5) is 2.43. The van der Waals surface area contributed by atoms with Crippen molar-refractivity contribution in [3.05, 3.63) is 53.1 Å². The number of rotatable bonds is 3. The van der Waals surface area contributed by atoms with Gasteiger partial charge in [-0.15, -0.1) is 0 Å². The molecule has 7 heteroatoms. The molecule has 0 unspecified atom stereocenters. The van der Waals surface area contributed by atoms with Gasteiger partial charge in [-0.05, 0) is 36.8 Å². The number of ether oxygens (including phenoxy) is 1. The third kappa shape index (κ3) is 3.39. The van der Waals surface area contributed by atoms with Crippen molar-refractivity contribution in [2.75, 3.05) is 44.2 Å². The second-order valence-electron chi connectivity index (χ2n) is 9.44. The highest BCUT2D eigenvalue weighted by Gasteiger charge is 2.53. The standard InChI is InChI=1S/C23H33N4O2P/c1-23(2)17-20-22(21(18-23)25-13-15-29-16-14-25)30(28,26-11-7-4-8-12-26)27(24-20)19-9-5-3-6-10-19/h3,5-6,9-10,17,24H,4,7-8,11-16,18H2,1-2H3/t30-/m0/s1. The highest BCUT2D eigenvalue weighted by atomic mass is 31.2. The van der Waals surface area contributed by atoms with E-state index in [1.54, 1.807) is 0 Å². The van der Waals surface area contributed by atoms with Crippen molar-refractivity contribution in [3.63, 3.8) is 0 Å². The first kappa shape index (κ1) is 20.2. The van der Waals surface area contributed by atoms with Gasteiger partial charge in [0, 0.05) is 31.9 Å². The van der Waals surface area contributed by atoms with E-state index in [-0.39, 0.29) is 5.41 Å². The van der Waals surface area contributed by atoms with E-state index in [9.17, 15) is 0 Å². The SMILES string of the molecule is CC1(C)C=C2NN(c3ccccc3)[P@@](=O)(N3CCCCC3)C2=C(N2CCOCC2)C1. The Morgan fingerprint density at radius 1 is 1.00 bits per heavy atom. The van der Waals surface area contributed by atoms with Gasteiger partial charge in [0.05, 0.1) is 29.9 Å². The normalized spacial score (nSPS) is 29.5. The van der Waals surface area contributed by atoms with Crippen molar-refractivity contribution in [2.24, 2.45) is 5.41 Å². The van der Waals surface area contributed by atoms with Crippen LogP contribution in [0.2, 0.25) is 0 Å². The number of benzene rings is 1. The molecule has 1 aromatic carbocycles. The molecule has 0 spiro atoms. The molecule has 3 aliphatic heterocycles. The molecule has 3 fully saturated rings. The average Bonchev–Trinajstić information content (AvgIpc) is 3.07. The van der Waals surface area contributed by atoms with Crippen molar-refractivity contribution in [2.45, 2.75) is 39.5 Å². The number of hydrogen-bond acceptors (Lipinski definition) is 4. The van der Waals surface area contributed by atoms with Crippen LogP contribution in [0, 0.1) is 5.41 Å². The molecule has 1 aliphatic carbocycles. The van der Waals surface area contributed by atoms with Gasteiger partial charge in [0.15, 0.2) is 0 Å². The van der Waals surface area contributed by atoms with Crippen molar-refractivity contribution in [3.8, 4) is 0 Å². The van der Waals surface area contributed by atoms with E-state index in [4.69, 9.17) is 4.74 Å². The molecule has 162 valence electrons. The zero-order chi connectivity index (χ0) is 20.8. The van der Waals surface area contributed by atoms with Gasteiger partial charge in [0.2, 0.25) is 0 Å². The number of para-hydroxylation sites is 1. The first-order chi connectivity index (χ1) is 14.5. The topological polar surface area (TPSA) is 48.1 Å². The molecule has 3 saturated heterocycles. The number of hydrogen-bond donors (Lipinski definition) is 1. The van der Waals surface area contributed by atoms with E-state index in [1.165, 1.54) is 12.1 Å². The Hall–Kier alpha value is -1.75. The lowest BCUT2D eigenvalue weighted by atomic mass is 9.82. The summed E-state index contributed by atoms with van der Waals surface area (Å²) >= 11 is 0. The zero-order valence-electron chi connectivity index (χ0n) is 18.1. The highest BCUT2D eigenvalue weighted by Crippen LogP contribution is 2.69. The minimum absolute atomic E-state index is 0.0128. The number of nitrogens with zero attached hydrogens (tertiary/aromatic N) is 3. The van der Waals surface area contributed by atoms with Crippen LogP contribution in [0.1, 0.15) is 39.5 Å². The molecule has 1 N–H and O–H groups in total. The fourth-order valence-corrected chi connectivity index (χ4v) is 8.41. The molecule has 6 nitrogen and oxygen atoms in total. The molecule has 3 heterocycles. The quantitative estimate of drug-likeness (QED) is 0.713. The van der Waals surface area contributed by atoms with E-state index < -0.39 is 7.44 Å². The van der Waals surface area contributed by atoms with Crippen molar-refractivity contribution in [1.82, 2.24) is 15.0 Å². The maximum Gasteiger partial charge on any atom is 0.290 e. The molecule has 1 atom stereocenters. The summed E-state index contributed by atoms with van der Waals surface area (Å²) in [6.07, 6.45) is 6.65. The molecule has 0 bridgehead atoms. The van der Waals surface area contributed by atoms with Crippen LogP contribution in [0.5, 0.6) is 0 Å². The Kier molecular flexibility index (Phi) is 5.20. The average molecular weight is 429 g/mol. The molecular formula is C23H33N4O2P. The fourth-order valence-electron chi connectivity index (χ4n) is 5.17. The Morgan fingerprint density at radius 3 is 2.40 bits per heavy atom. The van der Waals surface area contributed by atoms with Gasteiger partial charge in [-0.3, -0.25) is 9.99 Å². The minimum atomic E-state index is -3.00. The Morgan fingerprint density at radius 2 is 1.70 bits per heavy atom. The van der Waals surface area contributed by atoms with Gasteiger partial charge in [-0.25, -0.2) is 9.45 Å². The predicted octanol–water partition coefficient (Wildman–Crippen LogP) is 4.55. The molecule has 30 heavy (non-hydrogen) atoms. The van der Waals surface area contributed by atoms with E-state index in [0.29, 0.717) is 0 Å². The third-order valence-corrected chi connectivity index (χ3v) is 9.71. The lowest BCUT2D eigenvalue weighted by Gasteiger charge is -2.41. The molecule has 0 aromatic heterocycles. The monoisotopic (exact) mass is 428 g/mol. The molecule has 1 aromatic rings. The summed E-state index contributed by atoms with van der Waals surface area (Å²) in [5.41, 5.74) is 6.86. The maximum atomic E-state index is 15.2. The Bertz CT molecular complexity index is 899. The van der Waals surface area contributed by atoms with E-state index in [0.717, 1.165) is 75.4 Å². The smallest absolute Gasteiger partial charge is 0.290 e. The van der Waals surface area contributed by atoms with Crippen molar-refractivity contribution < 1.29 is 9.30 Å². The Labute approximate surface area is 180 Å². The van der Waals surface area contributed by atoms with Crippen LogP contribution in [-0.4, -0.2) is 49.0 Å². The zero-order valence-corrected chi connectivity index (χ0v) is 19.0. The summed E-state index contributed by atoms with van der Waals surface area (Å²) in [5.74, 6) is 0. The first-order valence-electron chi connectivity index (χ1n) is 11.3. The van der Waals surface area contributed by atoms with Gasteiger partial charge >= 0.3 is 0 Å². The van der Waals surface area contributed by atoms with Gasteiger partial charge in [-0.1, -0.05) is 44.5 Å². The summed E-state index contributed by atoms with van der Waals surface area (Å²) in [6, 6.07) is 10.2. The minimum Gasteiger partial charge on any atom is -0.378 e. The highest BCUT2D eigenvalue weighted by molar-refractivity contribution is 7.68. The van der Waals surface area contributed by atoms with Crippen LogP contribution in [0.3, 0.4) is 0 Å². The number of nitrogens with one attached hydrogen (secondary N) is 1. The molecule has 0 radical (unpaired) electrons. The molecule has 0 saturated carbocycles. The van der Waals surface area contributed by atoms with Crippen LogP contribution >= 0.6 is 7.44 Å². The number of anilines is 1. The number of allylic oxidation sites excluding steroid dienone is 3. The predicted molar refractivity (Wildman–Crippen MR) is 121 cm³/mol. The summed E-state index contributed by atoms with van der Waals surface area (Å²) in [7, 11) is -3.00. The van der Waals surface area contributed by atoms with Crippen LogP contribution in [0.4, 0.5) is 5.69 Å².